The zero-order chi connectivity index (χ0) is 10.8. The summed E-state index contributed by atoms with van der Waals surface area (Å²) in [6.45, 7) is 11.7. The van der Waals surface area contributed by atoms with E-state index in [1.807, 2.05) is 0 Å². The molecule has 0 heterocycles. The van der Waals surface area contributed by atoms with E-state index in [1.165, 1.54) is 25.7 Å². The van der Waals surface area contributed by atoms with Crippen molar-refractivity contribution in [3.05, 3.63) is 11.6 Å². The molecule has 0 spiro atoms. The average molecular weight is 194 g/mol. The van der Waals surface area contributed by atoms with Crippen molar-refractivity contribution < 1.29 is 0 Å². The summed E-state index contributed by atoms with van der Waals surface area (Å²) in [6.07, 6.45) is 7.84. The first-order valence-electron chi connectivity index (χ1n) is 6.26. The summed E-state index contributed by atoms with van der Waals surface area (Å²) in [6, 6.07) is 0. The fourth-order valence-electron chi connectivity index (χ4n) is 2.83. The molecule has 2 atom stereocenters. The van der Waals surface area contributed by atoms with Gasteiger partial charge in [0.15, 0.2) is 0 Å². The highest BCUT2D eigenvalue weighted by Gasteiger charge is 2.51. The molecule has 0 nitrogen and oxygen atoms in total. The van der Waals surface area contributed by atoms with E-state index in [0.29, 0.717) is 5.41 Å². The van der Waals surface area contributed by atoms with E-state index in [0.717, 1.165) is 11.8 Å². The Bertz CT molecular complexity index is 212. The Morgan fingerprint density at radius 3 is 2.43 bits per heavy atom. The summed E-state index contributed by atoms with van der Waals surface area (Å²) < 4.78 is 0. The van der Waals surface area contributed by atoms with Crippen LogP contribution in [-0.4, -0.2) is 0 Å². The molecule has 0 aromatic carbocycles. The van der Waals surface area contributed by atoms with Crippen molar-refractivity contribution in [3.8, 4) is 0 Å². The molecule has 0 radical (unpaired) electrons. The first kappa shape index (κ1) is 11.8. The van der Waals surface area contributed by atoms with E-state index in [9.17, 15) is 0 Å². The highest BCUT2D eigenvalue weighted by atomic mass is 14.6. The van der Waals surface area contributed by atoms with Crippen LogP contribution in [0.3, 0.4) is 0 Å². The fraction of sp³-hybridized carbons (Fsp3) is 0.857. The maximum atomic E-state index is 2.51. The van der Waals surface area contributed by atoms with Gasteiger partial charge in [0.1, 0.15) is 0 Å². The Labute approximate surface area is 89.8 Å². The third-order valence-corrected chi connectivity index (χ3v) is 3.84. The van der Waals surface area contributed by atoms with E-state index in [-0.39, 0.29) is 0 Å². The van der Waals surface area contributed by atoms with Gasteiger partial charge in [0, 0.05) is 0 Å². The van der Waals surface area contributed by atoms with E-state index in [1.54, 1.807) is 5.57 Å². The Hall–Kier alpha value is -0.260. The monoisotopic (exact) mass is 194 g/mol. The minimum Gasteiger partial charge on any atom is -0.0845 e. The van der Waals surface area contributed by atoms with Crippen LogP contribution < -0.4 is 0 Å². The zero-order valence-corrected chi connectivity index (χ0v) is 10.6. The second-order valence-corrected chi connectivity index (χ2v) is 5.33. The van der Waals surface area contributed by atoms with Gasteiger partial charge in [-0.2, -0.15) is 0 Å². The smallest absolute Gasteiger partial charge is 0.00824 e. The molecule has 1 saturated carbocycles. The number of hydrogen-bond acceptors (Lipinski definition) is 0. The van der Waals surface area contributed by atoms with Crippen molar-refractivity contribution in [2.45, 2.75) is 60.3 Å². The predicted molar refractivity (Wildman–Crippen MR) is 64.3 cm³/mol. The van der Waals surface area contributed by atoms with Crippen LogP contribution in [0.4, 0.5) is 0 Å². The number of allylic oxidation sites excluding steroid dienone is 2. The van der Waals surface area contributed by atoms with Gasteiger partial charge in [0.2, 0.25) is 0 Å². The summed E-state index contributed by atoms with van der Waals surface area (Å²) >= 11 is 0. The van der Waals surface area contributed by atoms with Gasteiger partial charge < -0.3 is 0 Å². The molecule has 0 saturated heterocycles. The summed E-state index contributed by atoms with van der Waals surface area (Å²) in [4.78, 5) is 0. The molecule has 14 heavy (non-hydrogen) atoms. The number of unbranched alkanes of at least 4 members (excludes halogenated alkanes) is 1. The topological polar surface area (TPSA) is 0 Å². The fourth-order valence-corrected chi connectivity index (χ4v) is 2.83. The molecule has 1 aliphatic carbocycles. The lowest BCUT2D eigenvalue weighted by Gasteiger charge is -2.20. The molecule has 0 aromatic rings. The van der Waals surface area contributed by atoms with Gasteiger partial charge in [-0.3, -0.25) is 0 Å². The van der Waals surface area contributed by atoms with Gasteiger partial charge in [-0.25, -0.2) is 0 Å². The van der Waals surface area contributed by atoms with Gasteiger partial charge in [0.05, 0.1) is 0 Å². The largest absolute Gasteiger partial charge is 0.0845 e. The molecule has 1 aliphatic rings. The highest BCUT2D eigenvalue weighted by Crippen LogP contribution is 2.60. The van der Waals surface area contributed by atoms with Gasteiger partial charge in [-0.1, -0.05) is 59.1 Å². The molecular formula is C14H26. The minimum atomic E-state index is 0.568. The minimum absolute atomic E-state index is 0.568. The Kier molecular flexibility index (Phi) is 3.80. The maximum Gasteiger partial charge on any atom is -0.00824 e. The van der Waals surface area contributed by atoms with Crippen molar-refractivity contribution in [3.63, 3.8) is 0 Å². The molecule has 0 aliphatic heterocycles. The SMILES string of the molecule is CCCC=C(C(C)C)C1(C)CC1CC. The molecule has 82 valence electrons. The van der Waals surface area contributed by atoms with Crippen LogP contribution in [0.2, 0.25) is 0 Å². The highest BCUT2D eigenvalue weighted by molar-refractivity contribution is 5.25. The van der Waals surface area contributed by atoms with Crippen LogP contribution in [0.1, 0.15) is 60.3 Å². The summed E-state index contributed by atoms with van der Waals surface area (Å²) in [5.74, 6) is 1.70. The van der Waals surface area contributed by atoms with E-state index < -0.39 is 0 Å². The first-order valence-corrected chi connectivity index (χ1v) is 6.26. The maximum absolute atomic E-state index is 2.51. The summed E-state index contributed by atoms with van der Waals surface area (Å²) in [7, 11) is 0. The van der Waals surface area contributed by atoms with Crippen molar-refractivity contribution in [2.75, 3.05) is 0 Å². The van der Waals surface area contributed by atoms with Crippen LogP contribution >= 0.6 is 0 Å². The second kappa shape index (κ2) is 4.51. The molecule has 2 unspecified atom stereocenters. The molecule has 0 bridgehead atoms. The molecule has 0 amide bonds. The average Bonchev–Trinajstić information content (AvgIpc) is 2.78. The van der Waals surface area contributed by atoms with Gasteiger partial charge in [-0.15, -0.1) is 0 Å². The third kappa shape index (κ3) is 2.21. The molecule has 0 aromatic heterocycles. The Morgan fingerprint density at radius 1 is 1.43 bits per heavy atom. The summed E-state index contributed by atoms with van der Waals surface area (Å²) in [5, 5.41) is 0. The van der Waals surface area contributed by atoms with Crippen molar-refractivity contribution in [1.82, 2.24) is 0 Å². The van der Waals surface area contributed by atoms with Crippen LogP contribution in [0.25, 0.3) is 0 Å². The molecule has 0 N–H and O–H groups in total. The lowest BCUT2D eigenvalue weighted by molar-refractivity contribution is 0.511. The zero-order valence-electron chi connectivity index (χ0n) is 10.6. The lowest BCUT2D eigenvalue weighted by atomic mass is 9.85. The Morgan fingerprint density at radius 2 is 2.07 bits per heavy atom. The summed E-state index contributed by atoms with van der Waals surface area (Å²) in [5.41, 5.74) is 2.30. The standard InChI is InChI=1S/C14H26/c1-6-8-9-13(11(3)4)14(5)10-12(14)7-2/h9,11-12H,6-8,10H2,1-5H3. The van der Waals surface area contributed by atoms with E-state index >= 15 is 0 Å². The van der Waals surface area contributed by atoms with Crippen molar-refractivity contribution >= 4 is 0 Å². The normalized spacial score (nSPS) is 32.4. The molecular weight excluding hydrogens is 168 g/mol. The van der Waals surface area contributed by atoms with Gasteiger partial charge >= 0.3 is 0 Å². The quantitative estimate of drug-likeness (QED) is 0.551. The van der Waals surface area contributed by atoms with Crippen LogP contribution in [0, 0.1) is 17.3 Å². The third-order valence-electron chi connectivity index (χ3n) is 3.84. The second-order valence-electron chi connectivity index (χ2n) is 5.33. The van der Waals surface area contributed by atoms with E-state index in [2.05, 4.69) is 40.7 Å². The van der Waals surface area contributed by atoms with Crippen LogP contribution in [0.5, 0.6) is 0 Å². The lowest BCUT2D eigenvalue weighted by Crippen LogP contribution is -2.09. The molecule has 1 fully saturated rings. The number of rotatable bonds is 5. The first-order chi connectivity index (χ1) is 6.56. The Balaban J connectivity index is 2.70. The predicted octanol–water partition coefficient (Wildman–Crippen LogP) is 4.81. The molecule has 0 heteroatoms. The van der Waals surface area contributed by atoms with Crippen molar-refractivity contribution in [2.24, 2.45) is 17.3 Å². The van der Waals surface area contributed by atoms with Crippen LogP contribution in [-0.2, 0) is 0 Å². The van der Waals surface area contributed by atoms with Crippen molar-refractivity contribution in [1.29, 1.82) is 0 Å². The number of hydrogen-bond donors (Lipinski definition) is 0. The van der Waals surface area contributed by atoms with Crippen LogP contribution in [0.15, 0.2) is 11.6 Å². The van der Waals surface area contributed by atoms with Gasteiger partial charge in [-0.05, 0) is 30.1 Å². The van der Waals surface area contributed by atoms with Gasteiger partial charge in [0.25, 0.3) is 0 Å². The molecule has 1 rings (SSSR count). The van der Waals surface area contributed by atoms with E-state index in [4.69, 9.17) is 0 Å².